The van der Waals surface area contributed by atoms with Crippen molar-refractivity contribution in [2.45, 2.75) is 0 Å². The van der Waals surface area contributed by atoms with Gasteiger partial charge in [-0.05, 0) is 0 Å². The molecule has 0 amide bonds. The third-order valence-corrected chi connectivity index (χ3v) is 1.58. The minimum atomic E-state index is -3.72. The van der Waals surface area contributed by atoms with Gasteiger partial charge in [-0.3, -0.25) is 0 Å². The van der Waals surface area contributed by atoms with Gasteiger partial charge in [0.1, 0.15) is 0 Å². The molecule has 0 aromatic heterocycles. The third-order valence-electron chi connectivity index (χ3n) is 0.682. The molecule has 7 nitrogen and oxygen atoms in total. The summed E-state index contributed by atoms with van der Waals surface area (Å²) >= 11 is 0. The monoisotopic (exact) mass is 163 g/mol. The van der Waals surface area contributed by atoms with Crippen molar-refractivity contribution in [1.29, 1.82) is 0 Å². The van der Waals surface area contributed by atoms with E-state index in [1.165, 1.54) is 0 Å². The summed E-state index contributed by atoms with van der Waals surface area (Å²) in [6.07, 6.45) is 0. The maximum atomic E-state index is 10.5. The molecule has 1 aliphatic rings. The average molecular weight is 163 g/mol. The molecule has 0 aromatic rings. The van der Waals surface area contributed by atoms with E-state index in [1.54, 1.807) is 0 Å². The van der Waals surface area contributed by atoms with E-state index in [-0.39, 0.29) is 11.9 Å². The summed E-state index contributed by atoms with van der Waals surface area (Å²) < 4.78 is 25.8. The van der Waals surface area contributed by atoms with Crippen LogP contribution >= 0.6 is 0 Å². The molecule has 0 spiro atoms. The molecule has 10 heavy (non-hydrogen) atoms. The minimum absolute atomic E-state index is 0.271. The van der Waals surface area contributed by atoms with Crippen LogP contribution < -0.4 is 16.2 Å². The molecule has 0 unspecified atom stereocenters. The lowest BCUT2D eigenvalue weighted by Gasteiger charge is -2.06. The Bertz CT molecular complexity index is 300. The fourth-order valence-corrected chi connectivity index (χ4v) is 1.09. The van der Waals surface area contributed by atoms with Gasteiger partial charge >= 0.3 is 10.2 Å². The average Bonchev–Trinajstić information content (AvgIpc) is 1.54. The number of guanidine groups is 2. The smallest absolute Gasteiger partial charge is 0.347 e. The highest BCUT2D eigenvalue weighted by molar-refractivity contribution is 7.89. The van der Waals surface area contributed by atoms with E-state index in [0.717, 1.165) is 0 Å². The molecule has 0 aromatic carbocycles. The molecule has 1 heterocycles. The molecule has 0 radical (unpaired) electrons. The van der Waals surface area contributed by atoms with Crippen molar-refractivity contribution in [1.82, 2.24) is 4.72 Å². The minimum Gasteiger partial charge on any atom is -0.369 e. The van der Waals surface area contributed by atoms with Gasteiger partial charge in [-0.1, -0.05) is 0 Å². The summed E-state index contributed by atoms with van der Waals surface area (Å²) in [6, 6.07) is 0. The number of hydrogen-bond acceptors (Lipinski definition) is 5. The van der Waals surface area contributed by atoms with E-state index < -0.39 is 10.2 Å². The van der Waals surface area contributed by atoms with Crippen LogP contribution in [0.15, 0.2) is 9.39 Å². The number of nitrogens with two attached hydrogens (primary N) is 2. The van der Waals surface area contributed by atoms with Crippen LogP contribution in [0.2, 0.25) is 0 Å². The van der Waals surface area contributed by atoms with Crippen LogP contribution in [-0.4, -0.2) is 20.3 Å². The highest BCUT2D eigenvalue weighted by Crippen LogP contribution is 1.91. The van der Waals surface area contributed by atoms with E-state index in [4.69, 9.17) is 11.5 Å². The first-order chi connectivity index (χ1) is 4.49. The third kappa shape index (κ3) is 1.35. The van der Waals surface area contributed by atoms with E-state index in [1.807, 2.05) is 4.72 Å². The van der Waals surface area contributed by atoms with Crippen molar-refractivity contribution in [3.63, 3.8) is 0 Å². The van der Waals surface area contributed by atoms with E-state index >= 15 is 0 Å². The molecular formula is C2H5N5O2S. The lowest BCUT2D eigenvalue weighted by atomic mass is 11.0. The molecule has 0 saturated carbocycles. The second-order valence-corrected chi connectivity index (χ2v) is 2.86. The van der Waals surface area contributed by atoms with Gasteiger partial charge < -0.3 is 11.5 Å². The van der Waals surface area contributed by atoms with Gasteiger partial charge in [0.15, 0.2) is 0 Å². The Balaban J connectivity index is 3.11. The number of aliphatic imine (C=N–C) groups is 1. The first-order valence-corrected chi connectivity index (χ1v) is 3.66. The molecule has 5 N–H and O–H groups in total. The van der Waals surface area contributed by atoms with Crippen molar-refractivity contribution in [3.8, 4) is 0 Å². The van der Waals surface area contributed by atoms with E-state index in [9.17, 15) is 8.42 Å². The van der Waals surface area contributed by atoms with Crippen molar-refractivity contribution < 1.29 is 8.42 Å². The SMILES string of the molecule is NC1=NS(=O)(=O)NC(N)=N1. The zero-order valence-corrected chi connectivity index (χ0v) is 5.59. The van der Waals surface area contributed by atoms with E-state index in [2.05, 4.69) is 9.39 Å². The highest BCUT2D eigenvalue weighted by Gasteiger charge is 2.14. The Morgan fingerprint density at radius 1 is 1.40 bits per heavy atom. The summed E-state index contributed by atoms with van der Waals surface area (Å²) in [5, 5.41) is 0. The number of rotatable bonds is 0. The first kappa shape index (κ1) is 6.81. The molecule has 0 fully saturated rings. The second-order valence-electron chi connectivity index (χ2n) is 1.52. The Labute approximate surface area is 57.0 Å². The lowest BCUT2D eigenvalue weighted by molar-refractivity contribution is 0.593. The van der Waals surface area contributed by atoms with Crippen LogP contribution in [-0.2, 0) is 10.2 Å². The molecule has 0 atom stereocenters. The van der Waals surface area contributed by atoms with Gasteiger partial charge in [0.25, 0.3) is 0 Å². The second kappa shape index (κ2) is 1.84. The van der Waals surface area contributed by atoms with Crippen molar-refractivity contribution >= 4 is 22.1 Å². The summed E-state index contributed by atoms with van der Waals surface area (Å²) in [7, 11) is -3.72. The summed E-state index contributed by atoms with van der Waals surface area (Å²) in [5.41, 5.74) is 9.96. The number of hydrogen-bond donors (Lipinski definition) is 3. The van der Waals surface area contributed by atoms with Crippen LogP contribution in [0.1, 0.15) is 0 Å². The predicted molar refractivity (Wildman–Crippen MR) is 35.3 cm³/mol. The molecule has 56 valence electrons. The van der Waals surface area contributed by atoms with Crippen molar-refractivity contribution in [3.05, 3.63) is 0 Å². The van der Waals surface area contributed by atoms with Gasteiger partial charge in [0, 0.05) is 0 Å². The maximum absolute atomic E-state index is 10.5. The molecule has 0 saturated heterocycles. The van der Waals surface area contributed by atoms with Gasteiger partial charge in [0.2, 0.25) is 11.9 Å². The van der Waals surface area contributed by atoms with Crippen molar-refractivity contribution in [2.24, 2.45) is 20.9 Å². The lowest BCUT2D eigenvalue weighted by Crippen LogP contribution is -2.41. The normalized spacial score (nSPS) is 22.4. The Hall–Kier alpha value is -1.31. The van der Waals surface area contributed by atoms with Crippen LogP contribution in [0, 0.1) is 0 Å². The number of nitrogens with zero attached hydrogens (tertiary/aromatic N) is 2. The molecule has 1 rings (SSSR count). The Morgan fingerprint density at radius 3 is 2.40 bits per heavy atom. The van der Waals surface area contributed by atoms with Crippen molar-refractivity contribution in [2.75, 3.05) is 0 Å². The zero-order valence-electron chi connectivity index (χ0n) is 4.77. The van der Waals surface area contributed by atoms with Crippen LogP contribution in [0.4, 0.5) is 0 Å². The molecular weight excluding hydrogens is 158 g/mol. The quantitative estimate of drug-likeness (QED) is 0.364. The fourth-order valence-electron chi connectivity index (χ4n) is 0.445. The molecule has 0 bridgehead atoms. The standard InChI is InChI=1S/C2H5N5O2S/c3-1-5-2(4)7-10(8,9)6-1/h(H5,3,4,5,6,7). The zero-order chi connectivity index (χ0) is 7.78. The largest absolute Gasteiger partial charge is 0.369 e. The molecule has 1 aliphatic heterocycles. The van der Waals surface area contributed by atoms with Gasteiger partial charge in [-0.2, -0.15) is 13.4 Å². The summed E-state index contributed by atoms with van der Waals surface area (Å²) in [6.45, 7) is 0. The topological polar surface area (TPSA) is 123 Å². The van der Waals surface area contributed by atoms with E-state index in [0.29, 0.717) is 0 Å². The Morgan fingerprint density at radius 2 is 2.00 bits per heavy atom. The van der Waals surface area contributed by atoms with Crippen LogP contribution in [0.3, 0.4) is 0 Å². The number of nitrogens with one attached hydrogen (secondary N) is 1. The Kier molecular flexibility index (Phi) is 1.25. The molecule has 0 aliphatic carbocycles. The molecule has 8 heteroatoms. The predicted octanol–water partition coefficient (Wildman–Crippen LogP) is -2.54. The van der Waals surface area contributed by atoms with Crippen LogP contribution in [0.25, 0.3) is 0 Å². The van der Waals surface area contributed by atoms with Gasteiger partial charge in [-0.15, -0.1) is 4.40 Å². The maximum Gasteiger partial charge on any atom is 0.347 e. The highest BCUT2D eigenvalue weighted by atomic mass is 32.2. The van der Waals surface area contributed by atoms with Crippen LogP contribution in [0.5, 0.6) is 0 Å². The summed E-state index contributed by atoms with van der Waals surface area (Å²) in [4.78, 5) is 3.31. The fraction of sp³-hybridized carbons (Fsp3) is 0. The summed E-state index contributed by atoms with van der Waals surface area (Å²) in [5.74, 6) is -0.635. The van der Waals surface area contributed by atoms with Gasteiger partial charge in [-0.25, -0.2) is 4.72 Å². The first-order valence-electron chi connectivity index (χ1n) is 2.22. The van der Waals surface area contributed by atoms with Gasteiger partial charge in [0.05, 0.1) is 0 Å².